The van der Waals surface area contributed by atoms with E-state index in [9.17, 15) is 14.7 Å². The molecule has 0 saturated carbocycles. The number of ether oxygens (including phenoxy) is 3. The van der Waals surface area contributed by atoms with Crippen LogP contribution < -0.4 is 24.6 Å². The fourth-order valence-electron chi connectivity index (χ4n) is 2.71. The molecule has 2 aromatic carbocycles. The molecule has 142 valence electrons. The van der Waals surface area contributed by atoms with Gasteiger partial charge in [0.15, 0.2) is 11.5 Å². The summed E-state index contributed by atoms with van der Waals surface area (Å²) in [5, 5.41) is 13.9. The highest BCUT2D eigenvalue weighted by atomic mass is 16.7. The number of carboxylic acids is 1. The molecule has 0 bridgehead atoms. The summed E-state index contributed by atoms with van der Waals surface area (Å²) in [6.45, 7) is 2.72. The summed E-state index contributed by atoms with van der Waals surface area (Å²) in [6.07, 6.45) is 0.548. The lowest BCUT2D eigenvalue weighted by Gasteiger charge is -2.20. The molecule has 2 aromatic rings. The number of fused-ring (bicyclic) bond motifs is 1. The summed E-state index contributed by atoms with van der Waals surface area (Å²) in [7, 11) is 0. The Morgan fingerprint density at radius 3 is 2.59 bits per heavy atom. The number of benzene rings is 2. The molecule has 0 aromatic heterocycles. The summed E-state index contributed by atoms with van der Waals surface area (Å²) in [4.78, 5) is 23.7. The van der Waals surface area contributed by atoms with Gasteiger partial charge in [-0.1, -0.05) is 19.1 Å². The Bertz CT molecular complexity index is 818. The largest absolute Gasteiger partial charge is 0.550 e. The van der Waals surface area contributed by atoms with Crippen molar-refractivity contribution in [2.45, 2.75) is 25.8 Å². The molecule has 1 aliphatic heterocycles. The fourth-order valence-corrected chi connectivity index (χ4v) is 2.71. The van der Waals surface area contributed by atoms with Crippen molar-refractivity contribution >= 4 is 11.9 Å². The second kappa shape index (κ2) is 8.44. The smallest absolute Gasteiger partial charge is 0.251 e. The van der Waals surface area contributed by atoms with E-state index in [4.69, 9.17) is 14.2 Å². The zero-order valence-corrected chi connectivity index (χ0v) is 14.9. The molecule has 1 heterocycles. The Kier molecular flexibility index (Phi) is 5.80. The first-order chi connectivity index (χ1) is 13.1. The van der Waals surface area contributed by atoms with Crippen molar-refractivity contribution in [3.8, 4) is 17.2 Å². The molecule has 1 atom stereocenters. The van der Waals surface area contributed by atoms with Crippen molar-refractivity contribution in [1.82, 2.24) is 5.32 Å². The highest BCUT2D eigenvalue weighted by molar-refractivity contribution is 5.95. The van der Waals surface area contributed by atoms with Crippen LogP contribution in [0.5, 0.6) is 17.2 Å². The molecule has 7 nitrogen and oxygen atoms in total. The minimum absolute atomic E-state index is 0.111. The number of carboxylic acid groups (broad SMARTS) is 1. The highest BCUT2D eigenvalue weighted by Crippen LogP contribution is 2.32. The van der Waals surface area contributed by atoms with Crippen molar-refractivity contribution in [3.05, 3.63) is 53.6 Å². The predicted octanol–water partition coefficient (Wildman–Crippen LogP) is 1.82. The Labute approximate surface area is 156 Å². The summed E-state index contributed by atoms with van der Waals surface area (Å²) >= 11 is 0. The van der Waals surface area contributed by atoms with E-state index in [-0.39, 0.29) is 13.2 Å². The first-order valence-electron chi connectivity index (χ1n) is 8.70. The molecule has 3 rings (SSSR count). The van der Waals surface area contributed by atoms with Gasteiger partial charge < -0.3 is 29.4 Å². The van der Waals surface area contributed by atoms with Crippen LogP contribution in [-0.4, -0.2) is 25.3 Å². The van der Waals surface area contributed by atoms with Gasteiger partial charge in [0, 0.05) is 18.0 Å². The van der Waals surface area contributed by atoms with Crippen LogP contribution in [0.2, 0.25) is 0 Å². The Morgan fingerprint density at radius 1 is 1.15 bits per heavy atom. The van der Waals surface area contributed by atoms with Crippen LogP contribution in [0.15, 0.2) is 42.5 Å². The number of carbonyl (C=O) groups is 2. The third kappa shape index (κ3) is 4.69. The number of aliphatic carboxylic acids is 1. The van der Waals surface area contributed by atoms with Gasteiger partial charge >= 0.3 is 0 Å². The van der Waals surface area contributed by atoms with Gasteiger partial charge in [-0.2, -0.15) is 0 Å². The SMILES string of the molecule is CCCOc1ccc(C(CC(=O)[O-])NC(=O)c2ccc3c(c2)OCO3)cc1. The van der Waals surface area contributed by atoms with Crippen LogP contribution in [0.3, 0.4) is 0 Å². The van der Waals surface area contributed by atoms with Crippen LogP contribution in [0.25, 0.3) is 0 Å². The van der Waals surface area contributed by atoms with Crippen LogP contribution in [0, 0.1) is 0 Å². The van der Waals surface area contributed by atoms with E-state index in [1.807, 2.05) is 6.92 Å². The molecule has 27 heavy (non-hydrogen) atoms. The van der Waals surface area contributed by atoms with E-state index in [0.717, 1.165) is 6.42 Å². The van der Waals surface area contributed by atoms with Crippen LogP contribution >= 0.6 is 0 Å². The first-order valence-corrected chi connectivity index (χ1v) is 8.70. The van der Waals surface area contributed by atoms with Gasteiger partial charge in [-0.15, -0.1) is 0 Å². The minimum Gasteiger partial charge on any atom is -0.550 e. The molecular formula is C20H20NO6-. The van der Waals surface area contributed by atoms with Crippen molar-refractivity contribution in [2.24, 2.45) is 0 Å². The summed E-state index contributed by atoms with van der Waals surface area (Å²) in [6, 6.07) is 11.0. The van der Waals surface area contributed by atoms with Crippen LogP contribution in [0.4, 0.5) is 0 Å². The third-order valence-corrected chi connectivity index (χ3v) is 4.07. The van der Waals surface area contributed by atoms with Crippen molar-refractivity contribution < 1.29 is 28.9 Å². The van der Waals surface area contributed by atoms with Gasteiger partial charge in [0.2, 0.25) is 6.79 Å². The van der Waals surface area contributed by atoms with Gasteiger partial charge in [0.25, 0.3) is 5.91 Å². The summed E-state index contributed by atoms with van der Waals surface area (Å²) in [5.41, 5.74) is 1.00. The molecule has 1 amide bonds. The van der Waals surface area contributed by atoms with Crippen molar-refractivity contribution in [3.63, 3.8) is 0 Å². The number of carbonyl (C=O) groups excluding carboxylic acids is 2. The lowest BCUT2D eigenvalue weighted by Crippen LogP contribution is -2.34. The van der Waals surface area contributed by atoms with Gasteiger partial charge in [-0.05, 0) is 42.3 Å². The second-order valence-electron chi connectivity index (χ2n) is 6.09. The molecule has 1 aliphatic rings. The lowest BCUT2D eigenvalue weighted by atomic mass is 10.0. The topological polar surface area (TPSA) is 96.9 Å². The van der Waals surface area contributed by atoms with Gasteiger partial charge in [0.05, 0.1) is 12.6 Å². The maximum absolute atomic E-state index is 12.6. The Morgan fingerprint density at radius 2 is 1.89 bits per heavy atom. The molecule has 0 saturated heterocycles. The van der Waals surface area contributed by atoms with Gasteiger partial charge in [-0.25, -0.2) is 0 Å². The minimum atomic E-state index is -1.25. The fraction of sp³-hybridized carbons (Fsp3) is 0.300. The molecule has 7 heteroatoms. The lowest BCUT2D eigenvalue weighted by molar-refractivity contribution is -0.306. The maximum Gasteiger partial charge on any atom is 0.251 e. The van der Waals surface area contributed by atoms with Crippen molar-refractivity contribution in [2.75, 3.05) is 13.4 Å². The average molecular weight is 370 g/mol. The summed E-state index contributed by atoms with van der Waals surface area (Å²) in [5.74, 6) is 0.0788. The number of rotatable bonds is 8. The normalized spacial score (nSPS) is 13.1. The van der Waals surface area contributed by atoms with Gasteiger partial charge in [0.1, 0.15) is 5.75 Å². The molecular weight excluding hydrogens is 350 g/mol. The third-order valence-electron chi connectivity index (χ3n) is 4.07. The molecule has 1 N–H and O–H groups in total. The predicted molar refractivity (Wildman–Crippen MR) is 94.6 cm³/mol. The maximum atomic E-state index is 12.6. The van der Waals surface area contributed by atoms with Crippen molar-refractivity contribution in [1.29, 1.82) is 0 Å². The quantitative estimate of drug-likeness (QED) is 0.761. The van der Waals surface area contributed by atoms with E-state index in [2.05, 4.69) is 5.32 Å². The van der Waals surface area contributed by atoms with E-state index in [1.54, 1.807) is 42.5 Å². The summed E-state index contributed by atoms with van der Waals surface area (Å²) < 4.78 is 16.0. The number of hydrogen-bond donors (Lipinski definition) is 1. The molecule has 0 spiro atoms. The van der Waals surface area contributed by atoms with Gasteiger partial charge in [-0.3, -0.25) is 4.79 Å². The van der Waals surface area contributed by atoms with Crippen LogP contribution in [-0.2, 0) is 4.79 Å². The highest BCUT2D eigenvalue weighted by Gasteiger charge is 2.20. The standard InChI is InChI=1S/C20H21NO6/c1-2-9-25-15-6-3-13(4-7-15)16(11-19(22)23)21-20(24)14-5-8-17-18(10-14)27-12-26-17/h3-8,10,16H,2,9,11-12H2,1H3,(H,21,24)(H,22,23)/p-1. The Hall–Kier alpha value is -3.22. The van der Waals surface area contributed by atoms with E-state index >= 15 is 0 Å². The number of amides is 1. The van der Waals surface area contributed by atoms with E-state index in [0.29, 0.717) is 35.0 Å². The molecule has 0 aliphatic carbocycles. The van der Waals surface area contributed by atoms with Crippen LogP contribution in [0.1, 0.15) is 41.7 Å². The first kappa shape index (κ1) is 18.6. The average Bonchev–Trinajstić information content (AvgIpc) is 3.13. The zero-order chi connectivity index (χ0) is 19.2. The molecule has 0 radical (unpaired) electrons. The molecule has 1 unspecified atom stereocenters. The van der Waals surface area contributed by atoms with E-state index < -0.39 is 17.9 Å². The number of hydrogen-bond acceptors (Lipinski definition) is 6. The zero-order valence-electron chi connectivity index (χ0n) is 14.9. The second-order valence-corrected chi connectivity index (χ2v) is 6.09. The monoisotopic (exact) mass is 370 g/mol. The Balaban J connectivity index is 1.74. The van der Waals surface area contributed by atoms with E-state index in [1.165, 1.54) is 0 Å². The number of nitrogens with one attached hydrogen (secondary N) is 1. The molecule has 0 fully saturated rings.